The van der Waals surface area contributed by atoms with Crippen LogP contribution in [0.1, 0.15) is 19.4 Å². The molecule has 0 fully saturated rings. The maximum absolute atomic E-state index is 12.2. The Morgan fingerprint density at radius 1 is 1.04 bits per heavy atom. The molecular weight excluding hydrogens is 324 g/mol. The first-order valence-corrected chi connectivity index (χ1v) is 7.96. The number of hydrogen-bond acceptors (Lipinski definition) is 5. The molecule has 0 heterocycles. The Hall–Kier alpha value is -3.09. The molecule has 25 heavy (non-hydrogen) atoms. The third-order valence-corrected chi connectivity index (χ3v) is 3.33. The van der Waals surface area contributed by atoms with Crippen LogP contribution in [0.5, 0.6) is 11.5 Å². The number of nitro groups is 1. The number of benzene rings is 2. The van der Waals surface area contributed by atoms with Gasteiger partial charge in [0.05, 0.1) is 24.6 Å². The number of nitro benzene ring substituents is 1. The minimum Gasteiger partial charge on any atom is -0.490 e. The molecule has 1 N–H and O–H groups in total. The average molecular weight is 344 g/mol. The first-order valence-electron chi connectivity index (χ1n) is 7.96. The Morgan fingerprint density at radius 3 is 2.28 bits per heavy atom. The molecule has 0 aliphatic heterocycles. The van der Waals surface area contributed by atoms with Crippen LogP contribution < -0.4 is 14.8 Å². The number of amides is 1. The SMILES string of the molecule is CCOc1ccc(CC(=O)Nc2ccc([N+](=O)[O-])cc2)cc1OCC. The number of non-ortho nitro benzene ring substituents is 1. The van der Waals surface area contributed by atoms with Crippen molar-refractivity contribution in [1.82, 2.24) is 0 Å². The van der Waals surface area contributed by atoms with Crippen molar-refractivity contribution in [1.29, 1.82) is 0 Å². The van der Waals surface area contributed by atoms with Crippen LogP contribution in [-0.2, 0) is 11.2 Å². The van der Waals surface area contributed by atoms with E-state index in [9.17, 15) is 14.9 Å². The number of nitrogens with one attached hydrogen (secondary N) is 1. The summed E-state index contributed by atoms with van der Waals surface area (Å²) in [6.07, 6.45) is 0.156. The van der Waals surface area contributed by atoms with Gasteiger partial charge in [0.1, 0.15) is 0 Å². The lowest BCUT2D eigenvalue weighted by Gasteiger charge is -2.12. The lowest BCUT2D eigenvalue weighted by molar-refractivity contribution is -0.384. The van der Waals surface area contributed by atoms with Crippen molar-refractivity contribution in [2.75, 3.05) is 18.5 Å². The summed E-state index contributed by atoms with van der Waals surface area (Å²) in [5.74, 6) is 1.02. The van der Waals surface area contributed by atoms with Crippen LogP contribution in [0.3, 0.4) is 0 Å². The normalized spacial score (nSPS) is 10.2. The van der Waals surface area contributed by atoms with Gasteiger partial charge in [0, 0.05) is 17.8 Å². The van der Waals surface area contributed by atoms with Crippen molar-refractivity contribution < 1.29 is 19.2 Å². The smallest absolute Gasteiger partial charge is 0.269 e. The molecule has 0 atom stereocenters. The van der Waals surface area contributed by atoms with Crippen LogP contribution in [0, 0.1) is 10.1 Å². The predicted molar refractivity (Wildman–Crippen MR) is 94.2 cm³/mol. The second kappa shape index (κ2) is 8.68. The zero-order chi connectivity index (χ0) is 18.2. The molecule has 132 valence electrons. The van der Waals surface area contributed by atoms with Gasteiger partial charge in [-0.3, -0.25) is 14.9 Å². The van der Waals surface area contributed by atoms with E-state index in [1.54, 1.807) is 12.1 Å². The quantitative estimate of drug-likeness (QED) is 0.584. The number of anilines is 1. The van der Waals surface area contributed by atoms with E-state index < -0.39 is 4.92 Å². The highest BCUT2D eigenvalue weighted by atomic mass is 16.6. The summed E-state index contributed by atoms with van der Waals surface area (Å²) >= 11 is 0. The van der Waals surface area contributed by atoms with Gasteiger partial charge in [-0.05, 0) is 43.7 Å². The largest absolute Gasteiger partial charge is 0.490 e. The lowest BCUT2D eigenvalue weighted by Crippen LogP contribution is -2.14. The number of rotatable bonds is 8. The molecule has 0 unspecified atom stereocenters. The third kappa shape index (κ3) is 5.20. The molecule has 0 saturated carbocycles. The molecule has 7 nitrogen and oxygen atoms in total. The summed E-state index contributed by atoms with van der Waals surface area (Å²) in [5.41, 5.74) is 1.27. The highest BCUT2D eigenvalue weighted by molar-refractivity contribution is 5.92. The summed E-state index contributed by atoms with van der Waals surface area (Å²) in [7, 11) is 0. The maximum atomic E-state index is 12.2. The van der Waals surface area contributed by atoms with Gasteiger partial charge in [0.25, 0.3) is 5.69 Å². The minimum absolute atomic E-state index is 0.0223. The Morgan fingerprint density at radius 2 is 1.68 bits per heavy atom. The Bertz CT molecular complexity index is 744. The van der Waals surface area contributed by atoms with Crippen LogP contribution in [0.2, 0.25) is 0 Å². The highest BCUT2D eigenvalue weighted by Crippen LogP contribution is 2.28. The van der Waals surface area contributed by atoms with Crippen LogP contribution in [0.25, 0.3) is 0 Å². The number of nitrogens with zero attached hydrogens (tertiary/aromatic N) is 1. The van der Waals surface area contributed by atoms with E-state index in [1.165, 1.54) is 24.3 Å². The van der Waals surface area contributed by atoms with Crippen molar-refractivity contribution in [2.45, 2.75) is 20.3 Å². The molecular formula is C18H20N2O5. The monoisotopic (exact) mass is 344 g/mol. The van der Waals surface area contributed by atoms with Crippen LogP contribution in [0.15, 0.2) is 42.5 Å². The molecule has 1 amide bonds. The van der Waals surface area contributed by atoms with Crippen molar-refractivity contribution in [2.24, 2.45) is 0 Å². The number of ether oxygens (including phenoxy) is 2. The van der Waals surface area contributed by atoms with E-state index in [0.29, 0.717) is 30.4 Å². The highest BCUT2D eigenvalue weighted by Gasteiger charge is 2.10. The second-order valence-electron chi connectivity index (χ2n) is 5.18. The van der Waals surface area contributed by atoms with Crippen molar-refractivity contribution in [3.63, 3.8) is 0 Å². The summed E-state index contributed by atoms with van der Waals surface area (Å²) < 4.78 is 11.0. The van der Waals surface area contributed by atoms with Crippen molar-refractivity contribution >= 4 is 17.3 Å². The van der Waals surface area contributed by atoms with E-state index in [2.05, 4.69) is 5.32 Å². The third-order valence-electron chi connectivity index (χ3n) is 3.33. The van der Waals surface area contributed by atoms with Gasteiger partial charge in [-0.15, -0.1) is 0 Å². The molecule has 0 aromatic heterocycles. The standard InChI is InChI=1S/C18H20N2O5/c1-3-24-16-10-5-13(11-17(16)25-4-2)12-18(21)19-14-6-8-15(9-7-14)20(22)23/h5-11H,3-4,12H2,1-2H3,(H,19,21). The molecule has 2 aromatic carbocycles. The van der Waals surface area contributed by atoms with Gasteiger partial charge in [0.15, 0.2) is 11.5 Å². The molecule has 0 bridgehead atoms. The van der Waals surface area contributed by atoms with Crippen LogP contribution >= 0.6 is 0 Å². The molecule has 2 rings (SSSR count). The van der Waals surface area contributed by atoms with Gasteiger partial charge in [-0.2, -0.15) is 0 Å². The van der Waals surface area contributed by atoms with E-state index in [0.717, 1.165) is 5.56 Å². The fraction of sp³-hybridized carbons (Fsp3) is 0.278. The van der Waals surface area contributed by atoms with Gasteiger partial charge < -0.3 is 14.8 Å². The number of carbonyl (C=O) groups excluding carboxylic acids is 1. The summed E-state index contributed by atoms with van der Waals surface area (Å²) in [6.45, 7) is 4.80. The topological polar surface area (TPSA) is 90.7 Å². The lowest BCUT2D eigenvalue weighted by atomic mass is 10.1. The van der Waals surface area contributed by atoms with Gasteiger partial charge in [0.2, 0.25) is 5.91 Å². The Kier molecular flexibility index (Phi) is 6.33. The molecule has 2 aromatic rings. The molecule has 0 spiro atoms. The van der Waals surface area contributed by atoms with E-state index in [-0.39, 0.29) is 18.0 Å². The minimum atomic E-state index is -0.485. The summed E-state index contributed by atoms with van der Waals surface area (Å²) in [5, 5.41) is 13.3. The molecule has 0 aliphatic rings. The molecule has 0 aliphatic carbocycles. The Labute approximate surface area is 145 Å². The van der Waals surface area contributed by atoms with Gasteiger partial charge >= 0.3 is 0 Å². The Balaban J connectivity index is 2.04. The van der Waals surface area contributed by atoms with E-state index in [4.69, 9.17) is 9.47 Å². The van der Waals surface area contributed by atoms with Gasteiger partial charge in [-0.25, -0.2) is 0 Å². The fourth-order valence-electron chi connectivity index (χ4n) is 2.26. The van der Waals surface area contributed by atoms with Crippen molar-refractivity contribution in [3.8, 4) is 11.5 Å². The maximum Gasteiger partial charge on any atom is 0.269 e. The van der Waals surface area contributed by atoms with Gasteiger partial charge in [-0.1, -0.05) is 6.07 Å². The molecule has 0 saturated heterocycles. The molecule has 0 radical (unpaired) electrons. The zero-order valence-electron chi connectivity index (χ0n) is 14.2. The molecule has 7 heteroatoms. The van der Waals surface area contributed by atoms with E-state index >= 15 is 0 Å². The average Bonchev–Trinajstić information content (AvgIpc) is 2.58. The predicted octanol–water partition coefficient (Wildman–Crippen LogP) is 3.57. The first kappa shape index (κ1) is 18.3. The second-order valence-corrected chi connectivity index (χ2v) is 5.18. The van der Waals surface area contributed by atoms with E-state index in [1.807, 2.05) is 19.9 Å². The summed E-state index contributed by atoms with van der Waals surface area (Å²) in [6, 6.07) is 11.1. The first-order chi connectivity index (χ1) is 12.0. The summed E-state index contributed by atoms with van der Waals surface area (Å²) in [4.78, 5) is 22.3. The zero-order valence-corrected chi connectivity index (χ0v) is 14.2. The number of hydrogen-bond donors (Lipinski definition) is 1. The van der Waals surface area contributed by atoms with Crippen molar-refractivity contribution in [3.05, 3.63) is 58.1 Å². The van der Waals surface area contributed by atoms with Crippen LogP contribution in [-0.4, -0.2) is 24.0 Å². The number of carbonyl (C=O) groups is 1. The fourth-order valence-corrected chi connectivity index (χ4v) is 2.26. The van der Waals surface area contributed by atoms with Crippen LogP contribution in [0.4, 0.5) is 11.4 Å².